The van der Waals surface area contributed by atoms with Crippen molar-refractivity contribution in [3.05, 3.63) is 65.7 Å². The van der Waals surface area contributed by atoms with Crippen molar-refractivity contribution in [2.45, 2.75) is 33.2 Å². The van der Waals surface area contributed by atoms with Crippen molar-refractivity contribution < 1.29 is 14.4 Å². The van der Waals surface area contributed by atoms with Gasteiger partial charge in [0.15, 0.2) is 0 Å². The van der Waals surface area contributed by atoms with Crippen molar-refractivity contribution in [3.63, 3.8) is 0 Å². The summed E-state index contributed by atoms with van der Waals surface area (Å²) in [6, 6.07) is 17.0. The molecule has 0 radical (unpaired) electrons. The van der Waals surface area contributed by atoms with E-state index in [1.807, 2.05) is 68.4 Å². The van der Waals surface area contributed by atoms with E-state index in [0.29, 0.717) is 13.1 Å². The van der Waals surface area contributed by atoms with E-state index in [-0.39, 0.29) is 37.4 Å². The van der Waals surface area contributed by atoms with Crippen molar-refractivity contribution in [1.29, 1.82) is 0 Å². The van der Waals surface area contributed by atoms with Crippen LogP contribution in [-0.4, -0.2) is 54.3 Å². The third kappa shape index (κ3) is 8.12. The summed E-state index contributed by atoms with van der Waals surface area (Å²) in [4.78, 5) is 40.4. The van der Waals surface area contributed by atoms with Crippen LogP contribution in [0.4, 0.5) is 10.5 Å². The highest BCUT2D eigenvalue weighted by Gasteiger charge is 2.17. The first kappa shape index (κ1) is 23.9. The number of urea groups is 1. The van der Waals surface area contributed by atoms with E-state index in [2.05, 4.69) is 10.6 Å². The summed E-state index contributed by atoms with van der Waals surface area (Å²) in [7, 11) is 1.71. The Labute approximate surface area is 184 Å². The van der Waals surface area contributed by atoms with E-state index in [1.165, 1.54) is 4.90 Å². The first-order valence-electron chi connectivity index (χ1n) is 10.6. The number of nitrogens with zero attached hydrogens (tertiary/aromatic N) is 2. The molecule has 2 N–H and O–H groups in total. The Kier molecular flexibility index (Phi) is 9.55. The maximum absolute atomic E-state index is 12.6. The lowest BCUT2D eigenvalue weighted by atomic mass is 10.2. The smallest absolute Gasteiger partial charge is 0.317 e. The Balaban J connectivity index is 1.79. The minimum Gasteiger partial charge on any atom is -0.337 e. The molecule has 0 bridgehead atoms. The number of aryl methyl sites for hydroxylation is 1. The van der Waals surface area contributed by atoms with Gasteiger partial charge in [-0.1, -0.05) is 55.5 Å². The molecule has 4 amide bonds. The summed E-state index contributed by atoms with van der Waals surface area (Å²) in [6.45, 7) is 5.06. The molecular formula is C24H32N4O3. The minimum atomic E-state index is -0.240. The monoisotopic (exact) mass is 424 g/mol. The topological polar surface area (TPSA) is 81.8 Å². The van der Waals surface area contributed by atoms with Crippen LogP contribution in [-0.2, 0) is 16.1 Å². The number of amides is 4. The molecule has 2 aromatic carbocycles. The van der Waals surface area contributed by atoms with Crippen LogP contribution in [0, 0.1) is 6.92 Å². The second kappa shape index (κ2) is 12.4. The summed E-state index contributed by atoms with van der Waals surface area (Å²) >= 11 is 0. The third-order valence-corrected chi connectivity index (χ3v) is 4.82. The molecule has 7 nitrogen and oxygen atoms in total. The number of benzene rings is 2. The van der Waals surface area contributed by atoms with Gasteiger partial charge in [-0.15, -0.1) is 0 Å². The Morgan fingerprint density at radius 3 is 2.32 bits per heavy atom. The SMILES string of the molecule is CCCN(CC(=O)Nc1ccccc1C)C(=O)CCNC(=O)N(C)Cc1ccccc1. The normalized spacial score (nSPS) is 10.3. The zero-order valence-electron chi connectivity index (χ0n) is 18.6. The third-order valence-electron chi connectivity index (χ3n) is 4.82. The average Bonchev–Trinajstić information content (AvgIpc) is 2.75. The van der Waals surface area contributed by atoms with Gasteiger partial charge in [-0.3, -0.25) is 9.59 Å². The highest BCUT2D eigenvalue weighted by molar-refractivity contribution is 5.95. The Morgan fingerprint density at radius 2 is 1.65 bits per heavy atom. The molecule has 0 aromatic heterocycles. The predicted molar refractivity (Wildman–Crippen MR) is 123 cm³/mol. The van der Waals surface area contributed by atoms with Crippen molar-refractivity contribution in [1.82, 2.24) is 15.1 Å². The average molecular weight is 425 g/mol. The lowest BCUT2D eigenvalue weighted by Crippen LogP contribution is -2.42. The molecular weight excluding hydrogens is 392 g/mol. The van der Waals surface area contributed by atoms with Gasteiger partial charge in [0.05, 0.1) is 6.54 Å². The number of hydrogen-bond acceptors (Lipinski definition) is 3. The van der Waals surface area contributed by atoms with Crippen LogP contribution in [0.2, 0.25) is 0 Å². The lowest BCUT2D eigenvalue weighted by Gasteiger charge is -2.23. The molecule has 0 spiro atoms. The molecule has 0 saturated carbocycles. The van der Waals surface area contributed by atoms with Gasteiger partial charge in [-0.05, 0) is 30.5 Å². The van der Waals surface area contributed by atoms with Gasteiger partial charge in [-0.2, -0.15) is 0 Å². The Hall–Kier alpha value is -3.35. The number of carbonyl (C=O) groups is 3. The molecule has 0 saturated heterocycles. The summed E-state index contributed by atoms with van der Waals surface area (Å²) < 4.78 is 0. The second-order valence-corrected chi connectivity index (χ2v) is 7.50. The van der Waals surface area contributed by atoms with E-state index in [0.717, 1.165) is 23.2 Å². The fourth-order valence-electron chi connectivity index (χ4n) is 3.14. The summed E-state index contributed by atoms with van der Waals surface area (Å²) in [5.41, 5.74) is 2.74. The molecule has 0 aliphatic heterocycles. The van der Waals surface area contributed by atoms with Crippen molar-refractivity contribution in [2.75, 3.05) is 32.0 Å². The highest BCUT2D eigenvalue weighted by atomic mass is 16.2. The highest BCUT2D eigenvalue weighted by Crippen LogP contribution is 2.13. The molecule has 0 aliphatic rings. The van der Waals surface area contributed by atoms with E-state index in [9.17, 15) is 14.4 Å². The number of carbonyl (C=O) groups excluding carboxylic acids is 3. The van der Waals surface area contributed by atoms with Gasteiger partial charge in [0.25, 0.3) is 0 Å². The molecule has 0 heterocycles. The van der Waals surface area contributed by atoms with Gasteiger partial charge in [-0.25, -0.2) is 4.79 Å². The molecule has 0 fully saturated rings. The van der Waals surface area contributed by atoms with Crippen molar-refractivity contribution in [2.24, 2.45) is 0 Å². The van der Waals surface area contributed by atoms with Crippen LogP contribution < -0.4 is 10.6 Å². The van der Waals surface area contributed by atoms with Crippen LogP contribution in [0.3, 0.4) is 0 Å². The van der Waals surface area contributed by atoms with E-state index < -0.39 is 0 Å². The molecule has 166 valence electrons. The zero-order chi connectivity index (χ0) is 22.6. The first-order chi connectivity index (χ1) is 14.9. The quantitative estimate of drug-likeness (QED) is 0.613. The molecule has 2 rings (SSSR count). The van der Waals surface area contributed by atoms with Gasteiger partial charge < -0.3 is 20.4 Å². The van der Waals surface area contributed by atoms with Crippen molar-refractivity contribution in [3.8, 4) is 0 Å². The van der Waals surface area contributed by atoms with Gasteiger partial charge in [0, 0.05) is 38.8 Å². The number of hydrogen-bond donors (Lipinski definition) is 2. The maximum Gasteiger partial charge on any atom is 0.317 e. The maximum atomic E-state index is 12.6. The minimum absolute atomic E-state index is 0.0110. The standard InChI is InChI=1S/C24H32N4O3/c1-4-16-28(18-22(29)26-21-13-9-8-10-19(21)2)23(30)14-15-25-24(31)27(3)17-20-11-6-5-7-12-20/h5-13H,4,14-18H2,1-3H3,(H,25,31)(H,26,29). The van der Waals surface area contributed by atoms with Crippen molar-refractivity contribution >= 4 is 23.5 Å². The molecule has 0 unspecified atom stereocenters. The molecule has 31 heavy (non-hydrogen) atoms. The molecule has 2 aromatic rings. The summed E-state index contributed by atoms with van der Waals surface area (Å²) in [5.74, 6) is -0.393. The zero-order valence-corrected chi connectivity index (χ0v) is 18.6. The number of nitrogens with one attached hydrogen (secondary N) is 2. The fourth-order valence-corrected chi connectivity index (χ4v) is 3.14. The molecule has 7 heteroatoms. The van der Waals surface area contributed by atoms with Gasteiger partial charge in [0.2, 0.25) is 11.8 Å². The summed E-state index contributed by atoms with van der Waals surface area (Å²) in [5, 5.41) is 5.63. The Morgan fingerprint density at radius 1 is 0.968 bits per heavy atom. The molecule has 0 atom stereocenters. The number of para-hydroxylation sites is 1. The van der Waals surface area contributed by atoms with E-state index in [1.54, 1.807) is 11.9 Å². The lowest BCUT2D eigenvalue weighted by molar-refractivity contribution is -0.134. The number of rotatable bonds is 10. The van der Waals surface area contributed by atoms with Crippen LogP contribution in [0.5, 0.6) is 0 Å². The Bertz CT molecular complexity index is 870. The van der Waals surface area contributed by atoms with Crippen LogP contribution in [0.15, 0.2) is 54.6 Å². The van der Waals surface area contributed by atoms with Gasteiger partial charge in [0.1, 0.15) is 0 Å². The number of anilines is 1. The first-order valence-corrected chi connectivity index (χ1v) is 10.6. The predicted octanol–water partition coefficient (Wildman–Crippen LogP) is 3.40. The fraction of sp³-hybridized carbons (Fsp3) is 0.375. The molecule has 0 aliphatic carbocycles. The summed E-state index contributed by atoms with van der Waals surface area (Å²) in [6.07, 6.45) is 0.887. The largest absolute Gasteiger partial charge is 0.337 e. The van der Waals surface area contributed by atoms with Crippen LogP contribution in [0.25, 0.3) is 0 Å². The van der Waals surface area contributed by atoms with Gasteiger partial charge >= 0.3 is 6.03 Å². The van der Waals surface area contributed by atoms with E-state index >= 15 is 0 Å². The van der Waals surface area contributed by atoms with E-state index in [4.69, 9.17) is 0 Å². The van der Waals surface area contributed by atoms with Crippen LogP contribution in [0.1, 0.15) is 30.9 Å². The van der Waals surface area contributed by atoms with Crippen LogP contribution >= 0.6 is 0 Å². The second-order valence-electron chi connectivity index (χ2n) is 7.50.